The van der Waals surface area contributed by atoms with Gasteiger partial charge in [-0.25, -0.2) is 4.39 Å². The molecule has 0 fully saturated rings. The molecule has 1 aromatic rings. The second kappa shape index (κ2) is 6.97. The maximum absolute atomic E-state index is 12.8. The fraction of sp³-hybridized carbons (Fsp3) is 0.417. The van der Waals surface area contributed by atoms with Crippen LogP contribution in [-0.2, 0) is 0 Å². The lowest BCUT2D eigenvalue weighted by Gasteiger charge is -2.16. The summed E-state index contributed by atoms with van der Waals surface area (Å²) in [4.78, 5) is 11.9. The van der Waals surface area contributed by atoms with Gasteiger partial charge in [0, 0.05) is 11.4 Å². The molecule has 0 aliphatic heterocycles. The smallest absolute Gasteiger partial charge is 0.253 e. The normalized spacial score (nSPS) is 12.2. The van der Waals surface area contributed by atoms with Crippen LogP contribution in [0.1, 0.15) is 30.1 Å². The molecular formula is C12H14BrClFNO. The Hall–Kier alpha value is -0.610. The molecule has 0 radical (unpaired) electrons. The highest BCUT2D eigenvalue weighted by Crippen LogP contribution is 2.17. The van der Waals surface area contributed by atoms with Gasteiger partial charge in [0.2, 0.25) is 0 Å². The molecule has 1 rings (SSSR count). The van der Waals surface area contributed by atoms with Crippen LogP contribution in [0.15, 0.2) is 18.2 Å². The van der Waals surface area contributed by atoms with E-state index in [-0.39, 0.29) is 17.0 Å². The van der Waals surface area contributed by atoms with E-state index in [0.717, 1.165) is 24.2 Å². The van der Waals surface area contributed by atoms with Gasteiger partial charge < -0.3 is 5.32 Å². The third-order valence-electron chi connectivity index (χ3n) is 2.46. The van der Waals surface area contributed by atoms with Crippen molar-refractivity contribution in [3.63, 3.8) is 0 Å². The van der Waals surface area contributed by atoms with Crippen LogP contribution in [-0.4, -0.2) is 17.3 Å². The first-order valence-electron chi connectivity index (χ1n) is 5.40. The Morgan fingerprint density at radius 2 is 2.29 bits per heavy atom. The third-order valence-corrected chi connectivity index (χ3v) is 3.23. The van der Waals surface area contributed by atoms with Gasteiger partial charge in [0.1, 0.15) is 5.82 Å². The van der Waals surface area contributed by atoms with Gasteiger partial charge in [0.15, 0.2) is 0 Å². The molecule has 1 atom stereocenters. The van der Waals surface area contributed by atoms with E-state index in [0.29, 0.717) is 5.56 Å². The highest BCUT2D eigenvalue weighted by molar-refractivity contribution is 9.09. The predicted octanol–water partition coefficient (Wildman–Crippen LogP) is 3.77. The van der Waals surface area contributed by atoms with Crippen LogP contribution >= 0.6 is 27.5 Å². The van der Waals surface area contributed by atoms with E-state index < -0.39 is 5.82 Å². The standard InChI is InChI=1S/C12H14BrClFNO/c1-2-9(5-6-13)16-12(17)10-4-3-8(15)7-11(10)14/h3-4,7,9H,2,5-6H2,1H3,(H,16,17). The minimum atomic E-state index is -0.445. The number of amides is 1. The predicted molar refractivity (Wildman–Crippen MR) is 71.4 cm³/mol. The van der Waals surface area contributed by atoms with Crippen molar-refractivity contribution >= 4 is 33.4 Å². The van der Waals surface area contributed by atoms with Gasteiger partial charge >= 0.3 is 0 Å². The second-order valence-corrected chi connectivity index (χ2v) is 4.88. The highest BCUT2D eigenvalue weighted by atomic mass is 79.9. The lowest BCUT2D eigenvalue weighted by Crippen LogP contribution is -2.34. The van der Waals surface area contributed by atoms with Crippen LogP contribution in [0.2, 0.25) is 5.02 Å². The van der Waals surface area contributed by atoms with Crippen molar-refractivity contribution in [2.75, 3.05) is 5.33 Å². The third kappa shape index (κ3) is 4.28. The van der Waals surface area contributed by atoms with Crippen molar-refractivity contribution in [1.82, 2.24) is 5.32 Å². The number of carbonyl (C=O) groups excluding carboxylic acids is 1. The molecule has 0 bridgehead atoms. The number of rotatable bonds is 5. The molecule has 0 saturated carbocycles. The quantitative estimate of drug-likeness (QED) is 0.821. The molecule has 1 aromatic carbocycles. The lowest BCUT2D eigenvalue weighted by molar-refractivity contribution is 0.0935. The maximum atomic E-state index is 12.8. The first kappa shape index (κ1) is 14.5. The second-order valence-electron chi connectivity index (χ2n) is 3.68. The number of hydrogen-bond donors (Lipinski definition) is 1. The highest BCUT2D eigenvalue weighted by Gasteiger charge is 2.14. The molecule has 0 saturated heterocycles. The largest absolute Gasteiger partial charge is 0.349 e. The average molecular weight is 323 g/mol. The van der Waals surface area contributed by atoms with Gasteiger partial charge in [-0.3, -0.25) is 4.79 Å². The van der Waals surface area contributed by atoms with Crippen molar-refractivity contribution in [3.8, 4) is 0 Å². The van der Waals surface area contributed by atoms with E-state index in [4.69, 9.17) is 11.6 Å². The molecule has 0 aliphatic rings. The van der Waals surface area contributed by atoms with Crippen LogP contribution in [0.4, 0.5) is 4.39 Å². The van der Waals surface area contributed by atoms with Gasteiger partial charge in [0.25, 0.3) is 5.91 Å². The summed E-state index contributed by atoms with van der Waals surface area (Å²) in [5.41, 5.74) is 0.307. The molecule has 0 heterocycles. The first-order valence-corrected chi connectivity index (χ1v) is 6.90. The Labute approximate surface area is 114 Å². The minimum Gasteiger partial charge on any atom is -0.349 e. The zero-order chi connectivity index (χ0) is 12.8. The van der Waals surface area contributed by atoms with Crippen molar-refractivity contribution in [3.05, 3.63) is 34.6 Å². The molecule has 5 heteroatoms. The Kier molecular flexibility index (Phi) is 5.92. The summed E-state index contributed by atoms with van der Waals surface area (Å²) in [6, 6.07) is 3.87. The zero-order valence-electron chi connectivity index (χ0n) is 9.47. The maximum Gasteiger partial charge on any atom is 0.253 e. The van der Waals surface area contributed by atoms with Gasteiger partial charge in [-0.1, -0.05) is 34.5 Å². The van der Waals surface area contributed by atoms with Crippen LogP contribution in [0.25, 0.3) is 0 Å². The fourth-order valence-electron chi connectivity index (χ4n) is 1.45. The summed E-state index contributed by atoms with van der Waals surface area (Å²) in [6.07, 6.45) is 1.69. The summed E-state index contributed by atoms with van der Waals surface area (Å²) in [5.74, 6) is -0.707. The fourth-order valence-corrected chi connectivity index (χ4v) is 2.25. The Morgan fingerprint density at radius 1 is 1.59 bits per heavy atom. The Balaban J connectivity index is 2.75. The molecule has 0 aromatic heterocycles. The molecule has 1 unspecified atom stereocenters. The molecule has 1 N–H and O–H groups in total. The van der Waals surface area contributed by atoms with Gasteiger partial charge in [-0.05, 0) is 31.0 Å². The minimum absolute atomic E-state index is 0.1000. The van der Waals surface area contributed by atoms with E-state index in [1.54, 1.807) is 0 Å². The summed E-state index contributed by atoms with van der Waals surface area (Å²) >= 11 is 9.15. The summed E-state index contributed by atoms with van der Waals surface area (Å²) in [5, 5.41) is 3.83. The van der Waals surface area contributed by atoms with E-state index >= 15 is 0 Å². The Bertz CT molecular complexity index is 400. The van der Waals surface area contributed by atoms with Crippen molar-refractivity contribution in [2.24, 2.45) is 0 Å². The van der Waals surface area contributed by atoms with Crippen molar-refractivity contribution in [1.29, 1.82) is 0 Å². The number of hydrogen-bond acceptors (Lipinski definition) is 1. The average Bonchev–Trinajstić information content (AvgIpc) is 2.28. The molecule has 94 valence electrons. The SMILES string of the molecule is CCC(CCBr)NC(=O)c1ccc(F)cc1Cl. The number of nitrogens with one attached hydrogen (secondary N) is 1. The molecule has 0 aliphatic carbocycles. The zero-order valence-corrected chi connectivity index (χ0v) is 11.8. The first-order chi connectivity index (χ1) is 8.08. The van der Waals surface area contributed by atoms with E-state index in [1.807, 2.05) is 6.92 Å². The topological polar surface area (TPSA) is 29.1 Å². The van der Waals surface area contributed by atoms with E-state index in [9.17, 15) is 9.18 Å². The van der Waals surface area contributed by atoms with Crippen molar-refractivity contribution < 1.29 is 9.18 Å². The molecule has 1 amide bonds. The van der Waals surface area contributed by atoms with Crippen LogP contribution in [0, 0.1) is 5.82 Å². The van der Waals surface area contributed by atoms with Crippen LogP contribution < -0.4 is 5.32 Å². The van der Waals surface area contributed by atoms with Gasteiger partial charge in [-0.2, -0.15) is 0 Å². The Morgan fingerprint density at radius 3 is 2.82 bits per heavy atom. The number of benzene rings is 1. The monoisotopic (exact) mass is 321 g/mol. The molecule has 17 heavy (non-hydrogen) atoms. The van der Waals surface area contributed by atoms with Crippen LogP contribution in [0.3, 0.4) is 0 Å². The number of alkyl halides is 1. The van der Waals surface area contributed by atoms with E-state index in [2.05, 4.69) is 21.2 Å². The number of carbonyl (C=O) groups is 1. The van der Waals surface area contributed by atoms with Gasteiger partial charge in [0.05, 0.1) is 10.6 Å². The van der Waals surface area contributed by atoms with Crippen LogP contribution in [0.5, 0.6) is 0 Å². The number of halogens is 3. The molecule has 0 spiro atoms. The van der Waals surface area contributed by atoms with E-state index in [1.165, 1.54) is 12.1 Å². The molecular weight excluding hydrogens is 308 g/mol. The lowest BCUT2D eigenvalue weighted by atomic mass is 10.1. The summed E-state index contributed by atoms with van der Waals surface area (Å²) in [7, 11) is 0. The van der Waals surface area contributed by atoms with Crippen molar-refractivity contribution in [2.45, 2.75) is 25.8 Å². The summed E-state index contributed by atoms with van der Waals surface area (Å²) in [6.45, 7) is 2.00. The van der Waals surface area contributed by atoms with Gasteiger partial charge in [-0.15, -0.1) is 0 Å². The molecule has 2 nitrogen and oxygen atoms in total. The summed E-state index contributed by atoms with van der Waals surface area (Å²) < 4.78 is 12.8.